The number of carbonyl (C=O) groups is 2. The van der Waals surface area contributed by atoms with Gasteiger partial charge in [-0.15, -0.1) is 0 Å². The quantitative estimate of drug-likeness (QED) is 0.875. The molecule has 4 rings (SSSR count). The number of fused-ring (bicyclic) bond motifs is 2. The Kier molecular flexibility index (Phi) is 4.92. The van der Waals surface area contributed by atoms with Crippen molar-refractivity contribution >= 4 is 11.8 Å². The largest absolute Gasteiger partial charge is 0.349 e. The number of aryl methyl sites for hydroxylation is 2. The van der Waals surface area contributed by atoms with Gasteiger partial charge in [-0.2, -0.15) is 0 Å². The van der Waals surface area contributed by atoms with Crippen LogP contribution in [0.4, 0.5) is 4.39 Å². The van der Waals surface area contributed by atoms with Crippen molar-refractivity contribution in [1.29, 1.82) is 0 Å². The highest BCUT2D eigenvalue weighted by molar-refractivity contribution is 5.96. The van der Waals surface area contributed by atoms with Crippen molar-refractivity contribution in [1.82, 2.24) is 10.2 Å². The van der Waals surface area contributed by atoms with Crippen molar-refractivity contribution in [2.45, 2.75) is 57.7 Å². The molecule has 0 saturated carbocycles. The lowest BCUT2D eigenvalue weighted by Gasteiger charge is -2.39. The Morgan fingerprint density at radius 1 is 0.929 bits per heavy atom. The number of nitrogens with one attached hydrogen (secondary N) is 1. The third kappa shape index (κ3) is 3.53. The first-order valence-corrected chi connectivity index (χ1v) is 9.88. The highest BCUT2D eigenvalue weighted by Gasteiger charge is 2.43. The van der Waals surface area contributed by atoms with Crippen molar-refractivity contribution in [3.8, 4) is 0 Å². The lowest BCUT2D eigenvalue weighted by atomic mass is 9.95. The molecule has 4 nitrogen and oxygen atoms in total. The van der Waals surface area contributed by atoms with E-state index in [1.54, 1.807) is 0 Å². The fourth-order valence-corrected chi connectivity index (χ4v) is 4.52. The van der Waals surface area contributed by atoms with E-state index in [2.05, 4.69) is 5.32 Å². The summed E-state index contributed by atoms with van der Waals surface area (Å²) in [5, 5.41) is 3.07. The van der Waals surface area contributed by atoms with Crippen molar-refractivity contribution in [2.24, 2.45) is 0 Å². The van der Waals surface area contributed by atoms with Gasteiger partial charge in [-0.1, -0.05) is 6.07 Å². The van der Waals surface area contributed by atoms with Crippen LogP contribution in [0.1, 0.15) is 57.5 Å². The van der Waals surface area contributed by atoms with Crippen LogP contribution in [0, 0.1) is 19.7 Å². The molecular formula is C23H25FN2O2. The molecule has 2 fully saturated rings. The third-order valence-electron chi connectivity index (χ3n) is 6.16. The van der Waals surface area contributed by atoms with Crippen molar-refractivity contribution in [3.63, 3.8) is 0 Å². The van der Waals surface area contributed by atoms with Crippen LogP contribution in [0.15, 0.2) is 42.5 Å². The molecule has 2 amide bonds. The average molecular weight is 380 g/mol. The number of amides is 2. The number of nitrogens with zero attached hydrogens (tertiary/aromatic N) is 1. The van der Waals surface area contributed by atoms with E-state index in [0.717, 1.165) is 36.8 Å². The van der Waals surface area contributed by atoms with Crippen LogP contribution in [0.25, 0.3) is 0 Å². The number of hydrogen-bond acceptors (Lipinski definition) is 2. The van der Waals surface area contributed by atoms with E-state index in [1.807, 2.05) is 36.9 Å². The molecule has 2 aromatic rings. The minimum atomic E-state index is -0.354. The molecule has 1 N–H and O–H groups in total. The first-order chi connectivity index (χ1) is 13.4. The van der Waals surface area contributed by atoms with Gasteiger partial charge in [0, 0.05) is 29.3 Å². The number of hydrogen-bond donors (Lipinski definition) is 1. The van der Waals surface area contributed by atoms with E-state index in [-0.39, 0.29) is 35.8 Å². The predicted octanol–water partition coefficient (Wildman–Crippen LogP) is 4.01. The number of rotatable bonds is 3. The monoisotopic (exact) mass is 380 g/mol. The molecule has 2 unspecified atom stereocenters. The van der Waals surface area contributed by atoms with E-state index in [0.29, 0.717) is 5.56 Å². The third-order valence-corrected chi connectivity index (χ3v) is 6.16. The predicted molar refractivity (Wildman–Crippen MR) is 106 cm³/mol. The van der Waals surface area contributed by atoms with Crippen LogP contribution in [-0.2, 0) is 0 Å². The maximum absolute atomic E-state index is 13.1. The second kappa shape index (κ2) is 7.38. The summed E-state index contributed by atoms with van der Waals surface area (Å²) < 4.78 is 13.1. The Morgan fingerprint density at radius 3 is 2.14 bits per heavy atom. The molecule has 2 saturated heterocycles. The normalized spacial score (nSPS) is 23.5. The first-order valence-electron chi connectivity index (χ1n) is 9.88. The number of carbonyl (C=O) groups excluding carboxylic acids is 2. The second-order valence-electron chi connectivity index (χ2n) is 8.05. The van der Waals surface area contributed by atoms with E-state index in [9.17, 15) is 14.0 Å². The van der Waals surface area contributed by atoms with Gasteiger partial charge in [0.25, 0.3) is 11.8 Å². The van der Waals surface area contributed by atoms with Gasteiger partial charge in [-0.3, -0.25) is 9.59 Å². The number of piperidine rings is 1. The Labute approximate surface area is 164 Å². The fraction of sp³-hybridized carbons (Fsp3) is 0.391. The summed E-state index contributed by atoms with van der Waals surface area (Å²) in [6, 6.07) is 11.8. The zero-order chi connectivity index (χ0) is 19.8. The molecule has 2 bridgehead atoms. The molecule has 146 valence electrons. The summed E-state index contributed by atoms with van der Waals surface area (Å²) >= 11 is 0. The minimum absolute atomic E-state index is 0.0406. The standard InChI is InChI=1S/C23H25FN2O2/c1-14-3-4-17(11-15(14)2)23(28)26-20-9-10-21(26)13-19(12-20)25-22(27)16-5-7-18(24)8-6-16/h3-8,11,19-21H,9-10,12-13H2,1-2H3,(H,25,27). The van der Waals surface area contributed by atoms with E-state index in [4.69, 9.17) is 0 Å². The summed E-state index contributed by atoms with van der Waals surface area (Å²) in [4.78, 5) is 27.6. The maximum atomic E-state index is 13.1. The zero-order valence-electron chi connectivity index (χ0n) is 16.2. The Hall–Kier alpha value is -2.69. The Bertz CT molecular complexity index is 895. The summed E-state index contributed by atoms with van der Waals surface area (Å²) in [5.41, 5.74) is 3.51. The van der Waals surface area contributed by atoms with Crippen LogP contribution in [0.3, 0.4) is 0 Å². The summed E-state index contributed by atoms with van der Waals surface area (Å²) in [6.45, 7) is 4.07. The lowest BCUT2D eigenvalue weighted by molar-refractivity contribution is 0.0549. The van der Waals surface area contributed by atoms with E-state index in [1.165, 1.54) is 29.8 Å². The number of benzene rings is 2. The zero-order valence-corrected chi connectivity index (χ0v) is 16.2. The van der Waals surface area contributed by atoms with Crippen LogP contribution in [-0.4, -0.2) is 34.8 Å². The highest BCUT2D eigenvalue weighted by atomic mass is 19.1. The molecule has 2 aromatic carbocycles. The van der Waals surface area contributed by atoms with Gasteiger partial charge >= 0.3 is 0 Å². The van der Waals surface area contributed by atoms with Gasteiger partial charge in [-0.25, -0.2) is 4.39 Å². The molecule has 2 aliphatic rings. The summed E-state index contributed by atoms with van der Waals surface area (Å²) in [5.74, 6) is -0.440. The SMILES string of the molecule is Cc1ccc(C(=O)N2C3CCC2CC(NC(=O)c2ccc(F)cc2)C3)cc1C. The molecule has 2 heterocycles. The molecule has 2 atom stereocenters. The average Bonchev–Trinajstić information content (AvgIpc) is 2.94. The van der Waals surface area contributed by atoms with Crippen LogP contribution in [0.2, 0.25) is 0 Å². The molecular weight excluding hydrogens is 355 g/mol. The summed E-state index contributed by atoms with van der Waals surface area (Å²) in [6.07, 6.45) is 3.48. The maximum Gasteiger partial charge on any atom is 0.254 e. The van der Waals surface area contributed by atoms with Gasteiger partial charge in [0.2, 0.25) is 0 Å². The molecule has 0 radical (unpaired) electrons. The Balaban J connectivity index is 1.44. The topological polar surface area (TPSA) is 49.4 Å². The van der Waals surface area contributed by atoms with Gasteiger partial charge in [-0.05, 0) is 87.1 Å². The summed E-state index contributed by atoms with van der Waals surface area (Å²) in [7, 11) is 0. The fourth-order valence-electron chi connectivity index (χ4n) is 4.52. The van der Waals surface area contributed by atoms with Gasteiger partial charge in [0.1, 0.15) is 5.82 Å². The van der Waals surface area contributed by atoms with Gasteiger partial charge in [0.05, 0.1) is 0 Å². The Morgan fingerprint density at radius 2 is 1.54 bits per heavy atom. The van der Waals surface area contributed by atoms with Crippen molar-refractivity contribution < 1.29 is 14.0 Å². The molecule has 0 aliphatic carbocycles. The second-order valence-corrected chi connectivity index (χ2v) is 8.05. The molecule has 5 heteroatoms. The minimum Gasteiger partial charge on any atom is -0.349 e. The molecule has 28 heavy (non-hydrogen) atoms. The number of halogens is 1. The smallest absolute Gasteiger partial charge is 0.254 e. The first kappa shape index (κ1) is 18.7. The van der Waals surface area contributed by atoms with Crippen molar-refractivity contribution in [2.75, 3.05) is 0 Å². The van der Waals surface area contributed by atoms with E-state index >= 15 is 0 Å². The molecule has 0 spiro atoms. The van der Waals surface area contributed by atoms with Gasteiger partial charge in [0.15, 0.2) is 0 Å². The molecule has 2 aliphatic heterocycles. The van der Waals surface area contributed by atoms with Crippen LogP contribution < -0.4 is 5.32 Å². The van der Waals surface area contributed by atoms with Crippen molar-refractivity contribution in [3.05, 3.63) is 70.5 Å². The van der Waals surface area contributed by atoms with Crippen LogP contribution >= 0.6 is 0 Å². The molecule has 0 aromatic heterocycles. The van der Waals surface area contributed by atoms with Crippen LogP contribution in [0.5, 0.6) is 0 Å². The van der Waals surface area contributed by atoms with Gasteiger partial charge < -0.3 is 10.2 Å². The lowest BCUT2D eigenvalue weighted by Crippen LogP contribution is -2.52. The van der Waals surface area contributed by atoms with E-state index < -0.39 is 0 Å². The highest BCUT2D eigenvalue weighted by Crippen LogP contribution is 2.37.